The van der Waals surface area contributed by atoms with Crippen LogP contribution in [0.2, 0.25) is 0 Å². The highest BCUT2D eigenvalue weighted by atomic mass is 79.9. The number of benzene rings is 1. The zero-order chi connectivity index (χ0) is 11.7. The minimum atomic E-state index is -0.914. The Bertz CT molecular complexity index is 512. The number of aliphatic hydroxyl groups excluding tert-OH is 1. The second-order valence-corrected chi connectivity index (χ2v) is 4.33. The first-order valence-corrected chi connectivity index (χ1v) is 5.49. The maximum absolute atomic E-state index is 13.3. The van der Waals surface area contributed by atoms with Crippen molar-refractivity contribution in [1.29, 1.82) is 0 Å². The van der Waals surface area contributed by atoms with E-state index in [-0.39, 0.29) is 0 Å². The standard InChI is InChI=1S/C11H10BrFN2O/c1-15-5-4-14-11(15)10(16)7-2-3-8(12)9(13)6-7/h2-6,10,16H,1H3. The van der Waals surface area contributed by atoms with Crippen LogP contribution < -0.4 is 0 Å². The van der Waals surface area contributed by atoms with Crippen LogP contribution in [0.25, 0.3) is 0 Å². The Balaban J connectivity index is 2.38. The van der Waals surface area contributed by atoms with Gasteiger partial charge in [-0.25, -0.2) is 9.37 Å². The van der Waals surface area contributed by atoms with Gasteiger partial charge in [-0.1, -0.05) is 6.07 Å². The third-order valence-corrected chi connectivity index (χ3v) is 3.01. The first kappa shape index (κ1) is 11.3. The van der Waals surface area contributed by atoms with Gasteiger partial charge in [0.2, 0.25) is 0 Å². The van der Waals surface area contributed by atoms with Crippen LogP contribution in [0, 0.1) is 5.82 Å². The molecule has 3 nitrogen and oxygen atoms in total. The first-order chi connectivity index (χ1) is 7.59. The number of aliphatic hydroxyl groups is 1. The van der Waals surface area contributed by atoms with Crippen LogP contribution in [0.1, 0.15) is 17.5 Å². The molecule has 1 atom stereocenters. The van der Waals surface area contributed by atoms with Gasteiger partial charge in [0.05, 0.1) is 4.47 Å². The Kier molecular flexibility index (Phi) is 3.07. The molecule has 84 valence electrons. The van der Waals surface area contributed by atoms with E-state index >= 15 is 0 Å². The van der Waals surface area contributed by atoms with E-state index in [0.29, 0.717) is 15.9 Å². The average Bonchev–Trinajstić information content (AvgIpc) is 2.67. The predicted octanol–water partition coefficient (Wildman–Crippen LogP) is 2.40. The van der Waals surface area contributed by atoms with E-state index in [4.69, 9.17) is 0 Å². The molecule has 1 unspecified atom stereocenters. The third-order valence-electron chi connectivity index (χ3n) is 2.36. The fraction of sp³-hybridized carbons (Fsp3) is 0.182. The van der Waals surface area contributed by atoms with Gasteiger partial charge < -0.3 is 9.67 Å². The van der Waals surface area contributed by atoms with Crippen molar-refractivity contribution in [3.05, 3.63) is 52.3 Å². The van der Waals surface area contributed by atoms with Gasteiger partial charge in [-0.15, -0.1) is 0 Å². The van der Waals surface area contributed by atoms with Gasteiger partial charge in [-0.05, 0) is 33.6 Å². The van der Waals surface area contributed by atoms with Crippen LogP contribution in [0.5, 0.6) is 0 Å². The smallest absolute Gasteiger partial charge is 0.142 e. The van der Waals surface area contributed by atoms with Crippen LogP contribution in [-0.2, 0) is 7.05 Å². The fourth-order valence-electron chi connectivity index (χ4n) is 1.47. The maximum Gasteiger partial charge on any atom is 0.142 e. The quantitative estimate of drug-likeness (QED) is 0.920. The summed E-state index contributed by atoms with van der Waals surface area (Å²) in [6.45, 7) is 0. The van der Waals surface area contributed by atoms with Gasteiger partial charge in [0.15, 0.2) is 0 Å². The van der Waals surface area contributed by atoms with Crippen molar-refractivity contribution in [2.24, 2.45) is 7.05 Å². The van der Waals surface area contributed by atoms with Gasteiger partial charge in [-0.2, -0.15) is 0 Å². The molecule has 0 aliphatic carbocycles. The number of hydrogen-bond donors (Lipinski definition) is 1. The van der Waals surface area contributed by atoms with Gasteiger partial charge in [0, 0.05) is 19.4 Å². The molecule has 0 aliphatic rings. The van der Waals surface area contributed by atoms with Crippen molar-refractivity contribution in [3.8, 4) is 0 Å². The summed E-state index contributed by atoms with van der Waals surface area (Å²) in [7, 11) is 1.78. The zero-order valence-electron chi connectivity index (χ0n) is 8.56. The monoisotopic (exact) mass is 284 g/mol. The summed E-state index contributed by atoms with van der Waals surface area (Å²) >= 11 is 3.06. The summed E-state index contributed by atoms with van der Waals surface area (Å²) in [5.74, 6) is 0.0903. The molecule has 16 heavy (non-hydrogen) atoms. The third kappa shape index (κ3) is 2.01. The zero-order valence-corrected chi connectivity index (χ0v) is 10.1. The van der Waals surface area contributed by atoms with Gasteiger partial charge in [0.25, 0.3) is 0 Å². The van der Waals surface area contributed by atoms with Crippen molar-refractivity contribution in [3.63, 3.8) is 0 Å². The van der Waals surface area contributed by atoms with E-state index in [0.717, 1.165) is 0 Å². The minimum Gasteiger partial charge on any atom is -0.380 e. The van der Waals surface area contributed by atoms with Crippen LogP contribution in [0.15, 0.2) is 35.1 Å². The van der Waals surface area contributed by atoms with Gasteiger partial charge in [0.1, 0.15) is 17.7 Å². The Morgan fingerprint density at radius 3 is 2.81 bits per heavy atom. The van der Waals surface area contributed by atoms with E-state index in [1.54, 1.807) is 36.1 Å². The molecule has 0 saturated heterocycles. The van der Waals surface area contributed by atoms with E-state index in [1.807, 2.05) is 0 Å². The lowest BCUT2D eigenvalue weighted by atomic mass is 10.1. The Morgan fingerprint density at radius 2 is 2.25 bits per heavy atom. The van der Waals surface area contributed by atoms with E-state index in [9.17, 15) is 9.50 Å². The molecule has 0 radical (unpaired) electrons. The average molecular weight is 285 g/mol. The van der Waals surface area contributed by atoms with Crippen LogP contribution in [0.4, 0.5) is 4.39 Å². The summed E-state index contributed by atoms with van der Waals surface area (Å²) in [5, 5.41) is 10.0. The number of hydrogen-bond acceptors (Lipinski definition) is 2. The second-order valence-electron chi connectivity index (χ2n) is 3.47. The van der Waals surface area contributed by atoms with Gasteiger partial charge >= 0.3 is 0 Å². The Morgan fingerprint density at radius 1 is 1.50 bits per heavy atom. The predicted molar refractivity (Wildman–Crippen MR) is 61.4 cm³/mol. The van der Waals surface area contributed by atoms with Crippen molar-refractivity contribution in [2.75, 3.05) is 0 Å². The molecule has 5 heteroatoms. The van der Waals surface area contributed by atoms with E-state index in [2.05, 4.69) is 20.9 Å². The van der Waals surface area contributed by atoms with Crippen LogP contribution >= 0.6 is 15.9 Å². The minimum absolute atomic E-state index is 0.378. The molecule has 0 amide bonds. The van der Waals surface area contributed by atoms with E-state index in [1.165, 1.54) is 6.07 Å². The molecule has 2 aromatic rings. The van der Waals surface area contributed by atoms with Gasteiger partial charge in [-0.3, -0.25) is 0 Å². The molecule has 0 saturated carbocycles. The highest BCUT2D eigenvalue weighted by molar-refractivity contribution is 9.10. The Hall–Kier alpha value is -1.20. The number of aryl methyl sites for hydroxylation is 1. The molecular formula is C11H10BrFN2O. The molecule has 1 aromatic heterocycles. The van der Waals surface area contributed by atoms with Crippen molar-refractivity contribution in [1.82, 2.24) is 9.55 Å². The molecule has 0 spiro atoms. The van der Waals surface area contributed by atoms with Crippen molar-refractivity contribution >= 4 is 15.9 Å². The lowest BCUT2D eigenvalue weighted by Gasteiger charge is -2.11. The number of nitrogens with zero attached hydrogens (tertiary/aromatic N) is 2. The topological polar surface area (TPSA) is 38.0 Å². The molecule has 1 aromatic carbocycles. The van der Waals surface area contributed by atoms with Crippen LogP contribution in [-0.4, -0.2) is 14.7 Å². The number of imidazole rings is 1. The lowest BCUT2D eigenvalue weighted by Crippen LogP contribution is -2.07. The molecule has 2 rings (SSSR count). The summed E-state index contributed by atoms with van der Waals surface area (Å²) in [6, 6.07) is 4.52. The number of halogens is 2. The summed E-state index contributed by atoms with van der Waals surface area (Å²) in [4.78, 5) is 4.02. The second kappa shape index (κ2) is 4.35. The molecule has 0 aliphatic heterocycles. The van der Waals surface area contributed by atoms with E-state index < -0.39 is 11.9 Å². The lowest BCUT2D eigenvalue weighted by molar-refractivity contribution is 0.205. The summed E-state index contributed by atoms with van der Waals surface area (Å²) in [5.41, 5.74) is 0.481. The Labute approximate surface area is 101 Å². The number of rotatable bonds is 2. The van der Waals surface area contributed by atoms with Crippen molar-refractivity contribution < 1.29 is 9.50 Å². The largest absolute Gasteiger partial charge is 0.380 e. The van der Waals surface area contributed by atoms with Crippen molar-refractivity contribution in [2.45, 2.75) is 6.10 Å². The fourth-order valence-corrected chi connectivity index (χ4v) is 1.72. The molecular weight excluding hydrogens is 275 g/mol. The highest BCUT2D eigenvalue weighted by Gasteiger charge is 2.15. The summed E-state index contributed by atoms with van der Waals surface area (Å²) < 4.78 is 15.4. The van der Waals surface area contributed by atoms with Crippen LogP contribution in [0.3, 0.4) is 0 Å². The summed E-state index contributed by atoms with van der Waals surface area (Å²) in [6.07, 6.45) is 2.41. The first-order valence-electron chi connectivity index (χ1n) is 4.70. The molecule has 0 fully saturated rings. The normalized spacial score (nSPS) is 12.8. The highest BCUT2D eigenvalue weighted by Crippen LogP contribution is 2.24. The molecule has 1 heterocycles. The molecule has 1 N–H and O–H groups in total. The SMILES string of the molecule is Cn1ccnc1C(O)c1ccc(Br)c(F)c1. The molecule has 0 bridgehead atoms. The maximum atomic E-state index is 13.3. The number of aromatic nitrogens is 2.